The van der Waals surface area contributed by atoms with Gasteiger partial charge in [0.1, 0.15) is 10.7 Å². The van der Waals surface area contributed by atoms with E-state index in [1.165, 1.54) is 6.20 Å². The summed E-state index contributed by atoms with van der Waals surface area (Å²) in [6.45, 7) is 1.76. The zero-order valence-corrected chi connectivity index (χ0v) is 9.21. The summed E-state index contributed by atoms with van der Waals surface area (Å²) < 4.78 is 13.5. The predicted molar refractivity (Wildman–Crippen MR) is 59.2 cm³/mol. The molecule has 0 saturated carbocycles. The Hall–Kier alpha value is -1.75. The van der Waals surface area contributed by atoms with Crippen molar-refractivity contribution in [3.05, 3.63) is 40.8 Å². The second-order valence-corrected chi connectivity index (χ2v) is 4.34. The highest BCUT2D eigenvalue weighted by atomic mass is 32.1. The molecule has 0 fully saturated rings. The maximum Gasteiger partial charge on any atom is 0.345 e. The first-order chi connectivity index (χ1) is 7.59. The minimum atomic E-state index is -0.992. The molecule has 0 spiro atoms. The smallest absolute Gasteiger partial charge is 0.345 e. The molecule has 0 saturated heterocycles. The van der Waals surface area contributed by atoms with E-state index in [1.807, 2.05) is 0 Å². The topological polar surface area (TPSA) is 50.2 Å². The van der Waals surface area contributed by atoms with E-state index in [1.54, 1.807) is 19.1 Å². The molecule has 2 rings (SSSR count). The van der Waals surface area contributed by atoms with Crippen LogP contribution in [0, 0.1) is 12.7 Å². The van der Waals surface area contributed by atoms with E-state index in [0.717, 1.165) is 23.1 Å². The summed E-state index contributed by atoms with van der Waals surface area (Å²) in [5, 5.41) is 8.84. The normalized spacial score (nSPS) is 10.4. The van der Waals surface area contributed by atoms with E-state index in [-0.39, 0.29) is 4.88 Å². The molecule has 0 aliphatic rings. The van der Waals surface area contributed by atoms with Crippen LogP contribution in [0.2, 0.25) is 0 Å². The van der Waals surface area contributed by atoms with Gasteiger partial charge in [0.05, 0.1) is 6.20 Å². The van der Waals surface area contributed by atoms with Crippen molar-refractivity contribution in [1.29, 1.82) is 0 Å². The molecule has 16 heavy (non-hydrogen) atoms. The Balaban J connectivity index is 2.57. The average molecular weight is 237 g/mol. The molecule has 0 aliphatic heterocycles. The number of pyridine rings is 1. The molecular weight excluding hydrogens is 229 g/mol. The lowest BCUT2D eigenvalue weighted by atomic mass is 10.1. The van der Waals surface area contributed by atoms with Gasteiger partial charge in [-0.05, 0) is 24.6 Å². The third-order valence-corrected chi connectivity index (χ3v) is 3.40. The van der Waals surface area contributed by atoms with Crippen molar-refractivity contribution in [2.45, 2.75) is 6.92 Å². The lowest BCUT2D eigenvalue weighted by Crippen LogP contribution is -1.89. The van der Waals surface area contributed by atoms with E-state index in [0.29, 0.717) is 10.4 Å². The van der Waals surface area contributed by atoms with Gasteiger partial charge in [0.2, 0.25) is 0 Å². The summed E-state index contributed by atoms with van der Waals surface area (Å²) >= 11 is 1.07. The first kappa shape index (κ1) is 10.8. The molecule has 0 aliphatic carbocycles. The molecular formula is C11H8FNO2S. The average Bonchev–Trinajstić information content (AvgIpc) is 2.61. The molecule has 2 aromatic heterocycles. The van der Waals surface area contributed by atoms with Crippen LogP contribution in [0.15, 0.2) is 24.5 Å². The maximum atomic E-state index is 13.5. The van der Waals surface area contributed by atoms with Gasteiger partial charge in [-0.1, -0.05) is 0 Å². The number of aromatic carboxylic acids is 1. The number of rotatable bonds is 2. The third kappa shape index (κ3) is 1.81. The number of thiophene rings is 1. The van der Waals surface area contributed by atoms with Crippen LogP contribution in [0.3, 0.4) is 0 Å². The number of aryl methyl sites for hydroxylation is 1. The Morgan fingerprint density at radius 1 is 1.56 bits per heavy atom. The van der Waals surface area contributed by atoms with Crippen molar-refractivity contribution in [2.75, 3.05) is 0 Å². The zero-order valence-electron chi connectivity index (χ0n) is 8.40. The third-order valence-electron chi connectivity index (χ3n) is 2.15. The number of aromatic nitrogens is 1. The summed E-state index contributed by atoms with van der Waals surface area (Å²) in [6, 6.07) is 3.09. The second-order valence-electron chi connectivity index (χ2n) is 3.28. The van der Waals surface area contributed by atoms with E-state index < -0.39 is 11.8 Å². The molecule has 82 valence electrons. The van der Waals surface area contributed by atoms with E-state index >= 15 is 0 Å². The standard InChI is InChI=1S/C11H8FNO2S/c1-6-4-9(11(14)15)16-10(6)7-2-3-13-5-8(7)12/h2-5H,1H3,(H,14,15). The van der Waals surface area contributed by atoms with Crippen LogP contribution < -0.4 is 0 Å². The lowest BCUT2D eigenvalue weighted by molar-refractivity contribution is 0.0702. The van der Waals surface area contributed by atoms with Gasteiger partial charge >= 0.3 is 5.97 Å². The lowest BCUT2D eigenvalue weighted by Gasteiger charge is -1.99. The van der Waals surface area contributed by atoms with Gasteiger partial charge in [0.15, 0.2) is 0 Å². The van der Waals surface area contributed by atoms with Crippen molar-refractivity contribution < 1.29 is 14.3 Å². The fourth-order valence-electron chi connectivity index (χ4n) is 1.41. The number of carbonyl (C=O) groups is 1. The van der Waals surface area contributed by atoms with Crippen molar-refractivity contribution in [2.24, 2.45) is 0 Å². The predicted octanol–water partition coefficient (Wildman–Crippen LogP) is 2.96. The Bertz CT molecular complexity index is 551. The molecule has 0 radical (unpaired) electrons. The molecule has 0 atom stereocenters. The zero-order chi connectivity index (χ0) is 11.7. The van der Waals surface area contributed by atoms with Gasteiger partial charge in [0.25, 0.3) is 0 Å². The monoisotopic (exact) mass is 237 g/mol. The summed E-state index contributed by atoms with van der Waals surface area (Å²) in [5.41, 5.74) is 1.15. The van der Waals surface area contributed by atoms with Crippen LogP contribution in [-0.2, 0) is 0 Å². The summed E-state index contributed by atoms with van der Waals surface area (Å²) in [4.78, 5) is 15.3. The molecule has 2 heterocycles. The van der Waals surface area contributed by atoms with Crippen LogP contribution in [0.4, 0.5) is 4.39 Å². The minimum absolute atomic E-state index is 0.212. The highest BCUT2D eigenvalue weighted by Gasteiger charge is 2.14. The Labute approximate surface area is 95.2 Å². The van der Waals surface area contributed by atoms with Gasteiger partial charge in [0, 0.05) is 16.6 Å². The summed E-state index contributed by atoms with van der Waals surface area (Å²) in [7, 11) is 0. The number of halogens is 1. The first-order valence-corrected chi connectivity index (χ1v) is 5.35. The van der Waals surface area contributed by atoms with Gasteiger partial charge in [-0.3, -0.25) is 4.98 Å². The number of carboxylic acid groups (broad SMARTS) is 1. The van der Waals surface area contributed by atoms with Gasteiger partial charge in [-0.15, -0.1) is 11.3 Å². The fourth-order valence-corrected chi connectivity index (χ4v) is 2.45. The Morgan fingerprint density at radius 3 is 2.88 bits per heavy atom. The van der Waals surface area contributed by atoms with Gasteiger partial charge in [-0.2, -0.15) is 0 Å². The Kier molecular flexibility index (Phi) is 2.70. The number of nitrogens with zero attached hydrogens (tertiary/aromatic N) is 1. The van der Waals surface area contributed by atoms with Crippen LogP contribution in [0.25, 0.3) is 10.4 Å². The number of hydrogen-bond acceptors (Lipinski definition) is 3. The second kappa shape index (κ2) is 4.02. The quantitative estimate of drug-likeness (QED) is 0.873. The maximum absolute atomic E-state index is 13.5. The summed E-state index contributed by atoms with van der Waals surface area (Å²) in [6.07, 6.45) is 2.60. The Morgan fingerprint density at radius 2 is 2.31 bits per heavy atom. The first-order valence-electron chi connectivity index (χ1n) is 4.53. The van der Waals surface area contributed by atoms with Gasteiger partial charge < -0.3 is 5.11 Å². The molecule has 0 aromatic carbocycles. The largest absolute Gasteiger partial charge is 0.477 e. The fraction of sp³-hybridized carbons (Fsp3) is 0.0909. The van der Waals surface area contributed by atoms with Crippen molar-refractivity contribution in [1.82, 2.24) is 4.98 Å². The number of hydrogen-bond donors (Lipinski definition) is 1. The van der Waals surface area contributed by atoms with E-state index in [9.17, 15) is 9.18 Å². The molecule has 0 amide bonds. The molecule has 0 unspecified atom stereocenters. The molecule has 5 heteroatoms. The van der Waals surface area contributed by atoms with Crippen molar-refractivity contribution in [3.8, 4) is 10.4 Å². The van der Waals surface area contributed by atoms with E-state index in [4.69, 9.17) is 5.11 Å². The van der Waals surface area contributed by atoms with E-state index in [2.05, 4.69) is 4.98 Å². The number of carboxylic acids is 1. The molecule has 3 nitrogen and oxygen atoms in total. The molecule has 1 N–H and O–H groups in total. The van der Waals surface area contributed by atoms with Crippen molar-refractivity contribution in [3.63, 3.8) is 0 Å². The van der Waals surface area contributed by atoms with Crippen LogP contribution in [-0.4, -0.2) is 16.1 Å². The molecule has 0 bridgehead atoms. The van der Waals surface area contributed by atoms with Crippen LogP contribution >= 0.6 is 11.3 Å². The minimum Gasteiger partial charge on any atom is -0.477 e. The van der Waals surface area contributed by atoms with Crippen LogP contribution in [0.1, 0.15) is 15.2 Å². The van der Waals surface area contributed by atoms with Crippen molar-refractivity contribution >= 4 is 17.3 Å². The highest BCUT2D eigenvalue weighted by molar-refractivity contribution is 7.17. The van der Waals surface area contributed by atoms with Gasteiger partial charge in [-0.25, -0.2) is 9.18 Å². The summed E-state index contributed by atoms with van der Waals surface area (Å²) in [5.74, 6) is -1.43. The van der Waals surface area contributed by atoms with Crippen LogP contribution in [0.5, 0.6) is 0 Å². The highest BCUT2D eigenvalue weighted by Crippen LogP contribution is 2.33. The SMILES string of the molecule is Cc1cc(C(=O)O)sc1-c1ccncc1F. The molecule has 2 aromatic rings.